The first kappa shape index (κ1) is 14.2. The lowest BCUT2D eigenvalue weighted by Gasteiger charge is -2.24. The number of rotatable bonds is 7. The first-order valence-corrected chi connectivity index (χ1v) is 6.65. The highest BCUT2D eigenvalue weighted by atomic mass is 15.1. The average Bonchev–Trinajstić information content (AvgIpc) is 2.35. The quantitative estimate of drug-likeness (QED) is 0.780. The Balaban J connectivity index is 2.70. The highest BCUT2D eigenvalue weighted by Gasteiger charge is 2.12. The minimum Gasteiger partial charge on any atom is -0.309 e. The van der Waals surface area contributed by atoms with Gasteiger partial charge in [0.05, 0.1) is 0 Å². The van der Waals surface area contributed by atoms with Crippen LogP contribution in [0.5, 0.6) is 0 Å². The third-order valence-electron chi connectivity index (χ3n) is 3.15. The Hall–Kier alpha value is -0.860. The molecule has 0 spiro atoms. The van der Waals surface area contributed by atoms with Crippen LogP contribution in [0.1, 0.15) is 37.4 Å². The number of likely N-dealkylation sites (N-methyl/N-ethyl adjacent to an activating group) is 1. The van der Waals surface area contributed by atoms with Gasteiger partial charge >= 0.3 is 0 Å². The molecule has 0 amide bonds. The van der Waals surface area contributed by atoms with E-state index in [4.69, 9.17) is 0 Å². The van der Waals surface area contributed by atoms with E-state index in [9.17, 15) is 0 Å². The zero-order valence-corrected chi connectivity index (χ0v) is 11.7. The van der Waals surface area contributed by atoms with Crippen molar-refractivity contribution in [2.75, 3.05) is 26.7 Å². The Morgan fingerprint density at radius 1 is 1.18 bits per heavy atom. The molecule has 1 aromatic rings. The van der Waals surface area contributed by atoms with Crippen molar-refractivity contribution < 1.29 is 0 Å². The summed E-state index contributed by atoms with van der Waals surface area (Å²) in [4.78, 5) is 2.35. The molecule has 0 bridgehead atoms. The highest BCUT2D eigenvalue weighted by molar-refractivity contribution is 5.24. The van der Waals surface area contributed by atoms with Crippen LogP contribution < -0.4 is 5.32 Å². The fraction of sp³-hybridized carbons (Fsp3) is 0.600. The second-order valence-electron chi connectivity index (χ2n) is 4.77. The molecule has 96 valence electrons. The van der Waals surface area contributed by atoms with Crippen LogP contribution in [0.15, 0.2) is 24.3 Å². The van der Waals surface area contributed by atoms with Crippen molar-refractivity contribution in [3.63, 3.8) is 0 Å². The van der Waals surface area contributed by atoms with Crippen LogP contribution in [-0.2, 0) is 0 Å². The lowest BCUT2D eigenvalue weighted by atomic mass is 10.0. The summed E-state index contributed by atoms with van der Waals surface area (Å²) in [6, 6.07) is 9.32. The Morgan fingerprint density at radius 2 is 1.82 bits per heavy atom. The van der Waals surface area contributed by atoms with Crippen molar-refractivity contribution in [2.24, 2.45) is 0 Å². The van der Waals surface area contributed by atoms with Crippen molar-refractivity contribution in [2.45, 2.75) is 33.2 Å². The van der Waals surface area contributed by atoms with Crippen molar-refractivity contribution in [3.05, 3.63) is 35.4 Å². The average molecular weight is 234 g/mol. The largest absolute Gasteiger partial charge is 0.309 e. The first-order chi connectivity index (χ1) is 8.17. The van der Waals surface area contributed by atoms with Crippen LogP contribution in [0.4, 0.5) is 0 Å². The Morgan fingerprint density at radius 3 is 2.35 bits per heavy atom. The van der Waals surface area contributed by atoms with E-state index < -0.39 is 0 Å². The zero-order valence-electron chi connectivity index (χ0n) is 11.7. The topological polar surface area (TPSA) is 15.3 Å². The smallest absolute Gasteiger partial charge is 0.0449 e. The summed E-state index contributed by atoms with van der Waals surface area (Å²) in [7, 11) is 2.18. The minimum atomic E-state index is 0.445. The molecule has 1 aromatic carbocycles. The van der Waals surface area contributed by atoms with Crippen LogP contribution in [0, 0.1) is 6.92 Å². The summed E-state index contributed by atoms with van der Waals surface area (Å²) >= 11 is 0. The second-order valence-corrected chi connectivity index (χ2v) is 4.77. The molecule has 0 aromatic heterocycles. The molecule has 2 heteroatoms. The molecule has 1 N–H and O–H groups in total. The molecule has 0 radical (unpaired) electrons. The molecule has 0 saturated carbocycles. The maximum absolute atomic E-state index is 3.63. The number of hydrogen-bond donors (Lipinski definition) is 1. The maximum Gasteiger partial charge on any atom is 0.0449 e. The number of hydrogen-bond acceptors (Lipinski definition) is 2. The summed E-state index contributed by atoms with van der Waals surface area (Å²) in [5.41, 5.74) is 2.72. The zero-order chi connectivity index (χ0) is 12.7. The van der Waals surface area contributed by atoms with Gasteiger partial charge in [0.1, 0.15) is 0 Å². The molecule has 1 rings (SSSR count). The van der Waals surface area contributed by atoms with Crippen molar-refractivity contribution in [1.29, 1.82) is 0 Å². The van der Waals surface area contributed by atoms with Gasteiger partial charge in [-0.2, -0.15) is 0 Å². The van der Waals surface area contributed by atoms with Gasteiger partial charge in [-0.3, -0.25) is 0 Å². The van der Waals surface area contributed by atoms with E-state index in [-0.39, 0.29) is 0 Å². The Labute approximate surface area is 106 Å². The summed E-state index contributed by atoms with van der Waals surface area (Å²) < 4.78 is 0. The van der Waals surface area contributed by atoms with Gasteiger partial charge in [0.15, 0.2) is 0 Å². The fourth-order valence-electron chi connectivity index (χ4n) is 1.85. The lowest BCUT2D eigenvalue weighted by Crippen LogP contribution is -2.33. The summed E-state index contributed by atoms with van der Waals surface area (Å²) in [5.74, 6) is 0. The van der Waals surface area contributed by atoms with Gasteiger partial charge in [-0.15, -0.1) is 0 Å². The van der Waals surface area contributed by atoms with Crippen LogP contribution in [0.3, 0.4) is 0 Å². The number of aryl methyl sites for hydroxylation is 1. The lowest BCUT2D eigenvalue weighted by molar-refractivity contribution is 0.303. The molecule has 0 aliphatic heterocycles. The molecule has 0 aliphatic carbocycles. The fourth-order valence-corrected chi connectivity index (χ4v) is 1.85. The molecule has 17 heavy (non-hydrogen) atoms. The number of nitrogens with zero attached hydrogens (tertiary/aromatic N) is 1. The molecule has 0 aliphatic rings. The van der Waals surface area contributed by atoms with Crippen LogP contribution >= 0.6 is 0 Å². The van der Waals surface area contributed by atoms with Crippen molar-refractivity contribution >= 4 is 0 Å². The highest BCUT2D eigenvalue weighted by Crippen LogP contribution is 2.15. The van der Waals surface area contributed by atoms with E-state index in [0.717, 1.165) is 19.6 Å². The van der Waals surface area contributed by atoms with Gasteiger partial charge < -0.3 is 10.2 Å². The number of nitrogens with one attached hydrogen (secondary N) is 1. The standard InChI is InChI=1S/C15H26N2/c1-5-11-16-15(12-17(4)6-2)14-9-7-13(3)8-10-14/h7-10,15-16H,5-6,11-12H2,1-4H3. The van der Waals surface area contributed by atoms with Gasteiger partial charge in [0, 0.05) is 12.6 Å². The van der Waals surface area contributed by atoms with Gasteiger partial charge in [-0.05, 0) is 39.0 Å². The van der Waals surface area contributed by atoms with Crippen LogP contribution in [-0.4, -0.2) is 31.6 Å². The van der Waals surface area contributed by atoms with E-state index in [1.54, 1.807) is 0 Å². The normalized spacial score (nSPS) is 13.0. The summed E-state index contributed by atoms with van der Waals surface area (Å²) in [6.45, 7) is 9.79. The molecule has 0 fully saturated rings. The Bertz CT molecular complexity index is 305. The van der Waals surface area contributed by atoms with E-state index >= 15 is 0 Å². The molecule has 2 nitrogen and oxygen atoms in total. The first-order valence-electron chi connectivity index (χ1n) is 6.65. The van der Waals surface area contributed by atoms with Gasteiger partial charge in [0.2, 0.25) is 0 Å². The predicted octanol–water partition coefficient (Wildman–Crippen LogP) is 2.99. The van der Waals surface area contributed by atoms with Gasteiger partial charge in [-0.1, -0.05) is 43.7 Å². The summed E-state index contributed by atoms with van der Waals surface area (Å²) in [6.07, 6.45) is 1.18. The molecule has 0 saturated heterocycles. The van der Waals surface area contributed by atoms with Crippen LogP contribution in [0.2, 0.25) is 0 Å². The minimum absolute atomic E-state index is 0.445. The van der Waals surface area contributed by atoms with Crippen molar-refractivity contribution in [3.8, 4) is 0 Å². The summed E-state index contributed by atoms with van der Waals surface area (Å²) in [5, 5.41) is 3.63. The second kappa shape index (κ2) is 7.46. The van der Waals surface area contributed by atoms with E-state index in [1.807, 2.05) is 0 Å². The van der Waals surface area contributed by atoms with E-state index in [0.29, 0.717) is 6.04 Å². The van der Waals surface area contributed by atoms with Gasteiger partial charge in [-0.25, -0.2) is 0 Å². The molecular weight excluding hydrogens is 208 g/mol. The van der Waals surface area contributed by atoms with E-state index in [1.165, 1.54) is 17.5 Å². The SMILES string of the molecule is CCCNC(CN(C)CC)c1ccc(C)cc1. The molecule has 0 heterocycles. The third kappa shape index (κ3) is 4.88. The molecular formula is C15H26N2. The molecule has 1 atom stereocenters. The Kier molecular flexibility index (Phi) is 6.23. The van der Waals surface area contributed by atoms with E-state index in [2.05, 4.69) is 62.3 Å². The number of benzene rings is 1. The maximum atomic E-state index is 3.63. The predicted molar refractivity (Wildman–Crippen MR) is 75.4 cm³/mol. The monoisotopic (exact) mass is 234 g/mol. The molecule has 1 unspecified atom stereocenters. The van der Waals surface area contributed by atoms with Gasteiger partial charge in [0.25, 0.3) is 0 Å². The van der Waals surface area contributed by atoms with Crippen LogP contribution in [0.25, 0.3) is 0 Å². The third-order valence-corrected chi connectivity index (χ3v) is 3.15. The van der Waals surface area contributed by atoms with Crippen molar-refractivity contribution in [1.82, 2.24) is 10.2 Å².